The van der Waals surface area contributed by atoms with E-state index in [-0.39, 0.29) is 23.7 Å². The van der Waals surface area contributed by atoms with E-state index in [1.54, 1.807) is 17.2 Å². The van der Waals surface area contributed by atoms with Crippen LogP contribution in [0, 0.1) is 0 Å². The topological polar surface area (TPSA) is 86.0 Å². The van der Waals surface area contributed by atoms with E-state index >= 15 is 0 Å². The molecule has 0 unspecified atom stereocenters. The molecule has 188 valence electrons. The monoisotopic (exact) mass is 490 g/mol. The van der Waals surface area contributed by atoms with E-state index in [9.17, 15) is 23.1 Å². The summed E-state index contributed by atoms with van der Waals surface area (Å²) in [5, 5.41) is 16.9. The predicted octanol–water partition coefficient (Wildman–Crippen LogP) is 4.31. The standard InChI is InChI=1S/C24H29F3N6O2/c1-15(25)7-8-18(22(26)27)16(2)20-6-4-11-32(20)21-9-12-33-23(30-21)19(13-28-33)29-24(35)31-10-3-5-17(34)14-31/h7-9,12-13,17,20,22,34H,2-6,10-11,14H2,1H3,(H,29,35)/b15-7+,18-8+/t17-,20-/m1/s1. The molecule has 2 fully saturated rings. The first kappa shape index (κ1) is 24.8. The Kier molecular flexibility index (Phi) is 7.44. The highest BCUT2D eigenvalue weighted by molar-refractivity contribution is 5.93. The first-order valence-electron chi connectivity index (χ1n) is 11.6. The number of alkyl halides is 2. The molecule has 11 heteroatoms. The van der Waals surface area contributed by atoms with Crippen LogP contribution >= 0.6 is 0 Å². The zero-order valence-electron chi connectivity index (χ0n) is 19.5. The number of hydrogen-bond donors (Lipinski definition) is 2. The molecular weight excluding hydrogens is 461 g/mol. The molecule has 2 aliphatic rings. The van der Waals surface area contributed by atoms with Crippen molar-refractivity contribution in [3.63, 3.8) is 0 Å². The highest BCUT2D eigenvalue weighted by atomic mass is 19.3. The Bertz CT molecular complexity index is 1160. The van der Waals surface area contributed by atoms with Gasteiger partial charge in [-0.1, -0.05) is 12.7 Å². The average molecular weight is 491 g/mol. The zero-order valence-corrected chi connectivity index (χ0v) is 19.5. The van der Waals surface area contributed by atoms with Crippen LogP contribution in [0.5, 0.6) is 0 Å². The molecule has 35 heavy (non-hydrogen) atoms. The van der Waals surface area contributed by atoms with Gasteiger partial charge in [-0.05, 0) is 50.3 Å². The summed E-state index contributed by atoms with van der Waals surface area (Å²) in [7, 11) is 0. The average Bonchev–Trinajstić information content (AvgIpc) is 3.46. The van der Waals surface area contributed by atoms with Crippen LogP contribution in [-0.4, -0.2) is 68.8 Å². The Balaban J connectivity index is 1.57. The second kappa shape index (κ2) is 10.5. The molecule has 0 aromatic carbocycles. The number of aliphatic hydroxyl groups excluding tert-OH is 1. The van der Waals surface area contributed by atoms with Gasteiger partial charge >= 0.3 is 6.03 Å². The highest BCUT2D eigenvalue weighted by Gasteiger charge is 2.32. The number of aliphatic hydroxyl groups is 1. The number of β-amino-alcohol motifs (C(OH)–C–C–N with tert-alkyl or cyclic N) is 1. The lowest BCUT2D eigenvalue weighted by molar-refractivity contribution is 0.0883. The maximum absolute atomic E-state index is 13.7. The van der Waals surface area contributed by atoms with Crippen molar-refractivity contribution in [1.29, 1.82) is 0 Å². The third-order valence-corrected chi connectivity index (χ3v) is 6.33. The molecule has 4 rings (SSSR count). The minimum atomic E-state index is -2.79. The van der Waals surface area contributed by atoms with E-state index in [2.05, 4.69) is 22.0 Å². The van der Waals surface area contributed by atoms with Gasteiger partial charge in [-0.15, -0.1) is 0 Å². The number of aromatic nitrogens is 3. The van der Waals surface area contributed by atoms with Gasteiger partial charge in [0.15, 0.2) is 5.65 Å². The first-order valence-corrected chi connectivity index (χ1v) is 11.6. The van der Waals surface area contributed by atoms with Gasteiger partial charge in [0.05, 0.1) is 24.2 Å². The largest absolute Gasteiger partial charge is 0.391 e. The van der Waals surface area contributed by atoms with Crippen LogP contribution in [-0.2, 0) is 0 Å². The summed E-state index contributed by atoms with van der Waals surface area (Å²) in [5.74, 6) is -0.0305. The lowest BCUT2D eigenvalue weighted by Crippen LogP contribution is -2.44. The Hall–Kier alpha value is -3.34. The molecule has 0 bridgehead atoms. The number of hydrogen-bond acceptors (Lipinski definition) is 5. The molecule has 2 N–H and O–H groups in total. The van der Waals surface area contributed by atoms with Crippen molar-refractivity contribution in [2.45, 2.75) is 51.2 Å². The third-order valence-electron chi connectivity index (χ3n) is 6.33. The first-order chi connectivity index (χ1) is 16.7. The molecule has 2 saturated heterocycles. The zero-order chi connectivity index (χ0) is 25.1. The van der Waals surface area contributed by atoms with E-state index in [1.807, 2.05) is 4.90 Å². The number of likely N-dealkylation sites (tertiary alicyclic amines) is 1. The Morgan fingerprint density at radius 2 is 2.06 bits per heavy atom. The second-order valence-electron chi connectivity index (χ2n) is 8.84. The highest BCUT2D eigenvalue weighted by Crippen LogP contribution is 2.33. The summed E-state index contributed by atoms with van der Waals surface area (Å²) < 4.78 is 42.1. The number of rotatable bonds is 6. The Morgan fingerprint density at radius 3 is 2.77 bits per heavy atom. The van der Waals surface area contributed by atoms with Crippen molar-refractivity contribution in [2.24, 2.45) is 0 Å². The van der Waals surface area contributed by atoms with Crippen molar-refractivity contribution >= 4 is 23.2 Å². The quantitative estimate of drug-likeness (QED) is 0.590. The van der Waals surface area contributed by atoms with Crippen LogP contribution in [0.4, 0.5) is 29.5 Å². The van der Waals surface area contributed by atoms with E-state index in [1.165, 1.54) is 17.6 Å². The van der Waals surface area contributed by atoms with Crippen molar-refractivity contribution < 1.29 is 23.1 Å². The van der Waals surface area contributed by atoms with Crippen LogP contribution in [0.2, 0.25) is 0 Å². The fourth-order valence-corrected chi connectivity index (χ4v) is 4.56. The third kappa shape index (κ3) is 5.50. The van der Waals surface area contributed by atoms with Crippen LogP contribution in [0.15, 0.2) is 54.2 Å². The molecule has 2 amide bonds. The molecule has 2 atom stereocenters. The number of fused-ring (bicyclic) bond motifs is 1. The molecule has 0 spiro atoms. The summed E-state index contributed by atoms with van der Waals surface area (Å²) in [6, 6.07) is 0.964. The van der Waals surface area contributed by atoms with Crippen LogP contribution in [0.3, 0.4) is 0 Å². The number of carbonyl (C=O) groups is 1. The Labute approximate surface area is 201 Å². The molecule has 2 aromatic rings. The molecule has 0 radical (unpaired) electrons. The van der Waals surface area contributed by atoms with E-state index in [4.69, 9.17) is 0 Å². The summed E-state index contributed by atoms with van der Waals surface area (Å²) in [4.78, 5) is 20.8. The molecule has 8 nitrogen and oxygen atoms in total. The van der Waals surface area contributed by atoms with Gasteiger partial charge in [-0.25, -0.2) is 27.5 Å². The van der Waals surface area contributed by atoms with Gasteiger partial charge in [0.25, 0.3) is 6.43 Å². The summed E-state index contributed by atoms with van der Waals surface area (Å²) in [6.07, 6.45) is 4.70. The van der Waals surface area contributed by atoms with Gasteiger partial charge in [0, 0.05) is 31.4 Å². The minimum absolute atomic E-state index is 0.224. The van der Waals surface area contributed by atoms with Crippen molar-refractivity contribution in [1.82, 2.24) is 19.5 Å². The van der Waals surface area contributed by atoms with Gasteiger partial charge in [-0.3, -0.25) is 0 Å². The number of anilines is 2. The molecule has 0 saturated carbocycles. The molecule has 0 aliphatic carbocycles. The fraction of sp³-hybridized carbons (Fsp3) is 0.458. The SMILES string of the molecule is C=C(/C(=C\C=C(/C)F)C(F)F)[C@H]1CCCN1c1ccn2ncc(NC(=O)N3CCC[C@@H](O)C3)c2n1. The number of piperidine rings is 1. The fourth-order valence-electron chi connectivity index (χ4n) is 4.56. The molecule has 2 aliphatic heterocycles. The smallest absolute Gasteiger partial charge is 0.322 e. The summed E-state index contributed by atoms with van der Waals surface area (Å²) >= 11 is 0. The molecule has 2 aromatic heterocycles. The van der Waals surface area contributed by atoms with Crippen LogP contribution < -0.4 is 10.2 Å². The number of amides is 2. The maximum atomic E-state index is 13.7. The number of allylic oxidation sites excluding steroid dienone is 3. The van der Waals surface area contributed by atoms with E-state index in [0.29, 0.717) is 43.1 Å². The number of nitrogens with zero attached hydrogens (tertiary/aromatic N) is 5. The van der Waals surface area contributed by atoms with E-state index < -0.39 is 24.4 Å². The van der Waals surface area contributed by atoms with Gasteiger partial charge in [0.1, 0.15) is 11.5 Å². The lowest BCUT2D eigenvalue weighted by Gasteiger charge is -2.30. The Morgan fingerprint density at radius 1 is 1.29 bits per heavy atom. The van der Waals surface area contributed by atoms with Crippen molar-refractivity contribution in [3.8, 4) is 0 Å². The minimum Gasteiger partial charge on any atom is -0.391 e. The van der Waals surface area contributed by atoms with Gasteiger partial charge < -0.3 is 20.2 Å². The van der Waals surface area contributed by atoms with Crippen molar-refractivity contribution in [2.75, 3.05) is 29.9 Å². The maximum Gasteiger partial charge on any atom is 0.322 e. The van der Waals surface area contributed by atoms with Crippen molar-refractivity contribution in [3.05, 3.63) is 54.2 Å². The normalized spacial score (nSPS) is 21.8. The van der Waals surface area contributed by atoms with Gasteiger partial charge in [-0.2, -0.15) is 5.10 Å². The predicted molar refractivity (Wildman–Crippen MR) is 127 cm³/mol. The molecule has 4 heterocycles. The number of nitrogens with one attached hydrogen (secondary N) is 1. The lowest BCUT2D eigenvalue weighted by atomic mass is 9.97. The van der Waals surface area contributed by atoms with Crippen LogP contribution in [0.25, 0.3) is 5.65 Å². The second-order valence-corrected chi connectivity index (χ2v) is 8.84. The number of carbonyl (C=O) groups excluding carboxylic acids is 1. The summed E-state index contributed by atoms with van der Waals surface area (Å²) in [5.41, 5.74) is 0.733. The molecular formula is C24H29F3N6O2. The number of halogens is 3. The number of urea groups is 1. The van der Waals surface area contributed by atoms with Crippen LogP contribution in [0.1, 0.15) is 32.6 Å². The van der Waals surface area contributed by atoms with E-state index in [0.717, 1.165) is 25.0 Å². The summed E-state index contributed by atoms with van der Waals surface area (Å²) in [6.45, 7) is 6.50. The van der Waals surface area contributed by atoms with Gasteiger partial charge in [0.2, 0.25) is 0 Å².